The molecule has 7 heteroatoms. The first-order valence-corrected chi connectivity index (χ1v) is 6.09. The molecule has 0 bridgehead atoms. The molecule has 0 aliphatic carbocycles. The molecule has 0 saturated carbocycles. The van der Waals surface area contributed by atoms with Crippen LogP contribution in [0.5, 0.6) is 0 Å². The van der Waals surface area contributed by atoms with Crippen LogP contribution in [-0.4, -0.2) is 29.8 Å². The van der Waals surface area contributed by atoms with Gasteiger partial charge < -0.3 is 9.47 Å². The van der Waals surface area contributed by atoms with Crippen molar-refractivity contribution in [3.05, 3.63) is 19.7 Å². The monoisotopic (exact) mass is 360 g/mol. The topological polar surface area (TPSA) is 44.2 Å². The highest BCUT2D eigenvalue weighted by Gasteiger charge is 2.21. The van der Waals surface area contributed by atoms with Gasteiger partial charge in [0.15, 0.2) is 5.82 Å². The van der Waals surface area contributed by atoms with Crippen LogP contribution >= 0.6 is 45.8 Å². The molecule has 0 spiro atoms. The van der Waals surface area contributed by atoms with Crippen LogP contribution in [0.25, 0.3) is 0 Å². The minimum atomic E-state index is -0.272. The molecule has 1 unspecified atom stereocenters. The molecule has 1 aromatic rings. The molecule has 15 heavy (non-hydrogen) atoms. The van der Waals surface area contributed by atoms with Gasteiger partial charge in [-0.05, 0) is 22.6 Å². The van der Waals surface area contributed by atoms with Crippen LogP contribution in [0.1, 0.15) is 11.9 Å². The van der Waals surface area contributed by atoms with E-state index < -0.39 is 0 Å². The molecular formula is C8H7Cl2IN2O2. The van der Waals surface area contributed by atoms with Crippen molar-refractivity contribution in [1.29, 1.82) is 0 Å². The van der Waals surface area contributed by atoms with Crippen LogP contribution in [0.4, 0.5) is 0 Å². The second kappa shape index (κ2) is 5.09. The Balaban J connectivity index is 2.27. The maximum absolute atomic E-state index is 5.90. The third kappa shape index (κ3) is 2.71. The van der Waals surface area contributed by atoms with E-state index in [4.69, 9.17) is 32.7 Å². The highest BCUT2D eigenvalue weighted by molar-refractivity contribution is 14.1. The average Bonchev–Trinajstić information content (AvgIpc) is 2.26. The molecular weight excluding hydrogens is 354 g/mol. The van der Waals surface area contributed by atoms with Crippen LogP contribution in [0, 0.1) is 3.57 Å². The molecule has 1 atom stereocenters. The quantitative estimate of drug-likeness (QED) is 0.570. The largest absolute Gasteiger partial charge is 0.376 e. The summed E-state index contributed by atoms with van der Waals surface area (Å²) in [6, 6.07) is 0. The normalized spacial score (nSPS) is 21.7. The molecule has 2 heterocycles. The van der Waals surface area contributed by atoms with Gasteiger partial charge in [0.1, 0.15) is 16.4 Å². The number of aromatic nitrogens is 2. The van der Waals surface area contributed by atoms with Crippen molar-refractivity contribution in [1.82, 2.24) is 9.97 Å². The smallest absolute Gasteiger partial charge is 0.163 e. The Hall–Kier alpha value is 0.310. The summed E-state index contributed by atoms with van der Waals surface area (Å²) in [6.45, 7) is 1.57. The molecule has 4 nitrogen and oxygen atoms in total. The zero-order valence-electron chi connectivity index (χ0n) is 7.54. The summed E-state index contributed by atoms with van der Waals surface area (Å²) in [7, 11) is 0. The van der Waals surface area contributed by atoms with Gasteiger partial charge in [0.25, 0.3) is 0 Å². The van der Waals surface area contributed by atoms with Crippen molar-refractivity contribution in [3.63, 3.8) is 0 Å². The molecule has 0 radical (unpaired) electrons. The highest BCUT2D eigenvalue weighted by atomic mass is 127. The highest BCUT2D eigenvalue weighted by Crippen LogP contribution is 2.26. The van der Waals surface area contributed by atoms with E-state index >= 15 is 0 Å². The van der Waals surface area contributed by atoms with Crippen molar-refractivity contribution in [2.24, 2.45) is 0 Å². The average molecular weight is 361 g/mol. The first-order valence-electron chi connectivity index (χ1n) is 4.26. The third-order valence-electron chi connectivity index (χ3n) is 1.89. The lowest BCUT2D eigenvalue weighted by atomic mass is 10.3. The van der Waals surface area contributed by atoms with Crippen molar-refractivity contribution >= 4 is 45.8 Å². The van der Waals surface area contributed by atoms with Gasteiger partial charge in [-0.25, -0.2) is 9.97 Å². The lowest BCUT2D eigenvalue weighted by Crippen LogP contribution is -2.23. The number of halogens is 3. The molecule has 1 aromatic heterocycles. The number of rotatable bonds is 1. The van der Waals surface area contributed by atoms with Gasteiger partial charge in [-0.1, -0.05) is 23.2 Å². The van der Waals surface area contributed by atoms with Gasteiger partial charge >= 0.3 is 0 Å². The summed E-state index contributed by atoms with van der Waals surface area (Å²) in [6.07, 6.45) is -0.272. The van der Waals surface area contributed by atoms with E-state index in [1.54, 1.807) is 0 Å². The fourth-order valence-corrected chi connectivity index (χ4v) is 1.83. The maximum Gasteiger partial charge on any atom is 0.163 e. The van der Waals surface area contributed by atoms with Crippen LogP contribution < -0.4 is 0 Å². The second-order valence-corrected chi connectivity index (χ2v) is 4.71. The van der Waals surface area contributed by atoms with Gasteiger partial charge in [-0.15, -0.1) is 0 Å². The van der Waals surface area contributed by atoms with E-state index in [0.717, 1.165) is 0 Å². The number of hydrogen-bond acceptors (Lipinski definition) is 4. The molecule has 2 rings (SSSR count). The molecule has 0 N–H and O–H groups in total. The van der Waals surface area contributed by atoms with Crippen molar-refractivity contribution in [2.45, 2.75) is 6.10 Å². The minimum absolute atomic E-state index is 0.272. The number of hydrogen-bond donors (Lipinski definition) is 0. The number of ether oxygens (including phenoxy) is 2. The predicted molar refractivity (Wildman–Crippen MR) is 64.3 cm³/mol. The maximum atomic E-state index is 5.90. The molecule has 0 amide bonds. The zero-order valence-corrected chi connectivity index (χ0v) is 11.2. The summed E-state index contributed by atoms with van der Waals surface area (Å²) in [5, 5.41) is 0.694. The molecule has 1 aliphatic heterocycles. The molecule has 0 aromatic carbocycles. The summed E-state index contributed by atoms with van der Waals surface area (Å²) in [5.74, 6) is 0.477. The van der Waals surface area contributed by atoms with E-state index in [-0.39, 0.29) is 6.10 Å². The van der Waals surface area contributed by atoms with E-state index in [2.05, 4.69) is 9.97 Å². The second-order valence-electron chi connectivity index (χ2n) is 2.91. The molecule has 1 saturated heterocycles. The first-order chi connectivity index (χ1) is 7.18. The van der Waals surface area contributed by atoms with E-state index in [1.165, 1.54) is 0 Å². The molecule has 1 aliphatic rings. The Morgan fingerprint density at radius 2 is 1.87 bits per heavy atom. The minimum Gasteiger partial charge on any atom is -0.376 e. The molecule has 82 valence electrons. The van der Waals surface area contributed by atoms with Crippen molar-refractivity contribution in [2.75, 3.05) is 19.8 Å². The summed E-state index contributed by atoms with van der Waals surface area (Å²) in [5.41, 5.74) is 0. The van der Waals surface area contributed by atoms with Crippen molar-refractivity contribution in [3.8, 4) is 0 Å². The Morgan fingerprint density at radius 1 is 1.20 bits per heavy atom. The summed E-state index contributed by atoms with van der Waals surface area (Å²) >= 11 is 13.8. The summed E-state index contributed by atoms with van der Waals surface area (Å²) in [4.78, 5) is 8.23. The van der Waals surface area contributed by atoms with E-state index in [9.17, 15) is 0 Å². The van der Waals surface area contributed by atoms with Gasteiger partial charge in [0.05, 0.1) is 23.4 Å². The molecule has 1 fully saturated rings. The predicted octanol–water partition coefficient (Wildman–Crippen LogP) is 2.48. The van der Waals surface area contributed by atoms with E-state index in [0.29, 0.717) is 39.5 Å². The summed E-state index contributed by atoms with van der Waals surface area (Å²) < 4.78 is 11.3. The Morgan fingerprint density at radius 3 is 2.40 bits per heavy atom. The van der Waals surface area contributed by atoms with Crippen LogP contribution in [0.2, 0.25) is 10.3 Å². The number of nitrogens with zero attached hydrogens (tertiary/aromatic N) is 2. The van der Waals surface area contributed by atoms with Crippen LogP contribution in [0.3, 0.4) is 0 Å². The fourth-order valence-electron chi connectivity index (χ4n) is 1.19. The van der Waals surface area contributed by atoms with E-state index in [1.807, 2.05) is 22.6 Å². The SMILES string of the molecule is Clc1nc(C2COCCO2)nc(Cl)c1I. The third-order valence-corrected chi connectivity index (χ3v) is 4.10. The standard InChI is InChI=1S/C8H7Cl2IN2O2/c9-6-5(11)7(10)13-8(12-6)4-3-14-1-2-15-4/h4H,1-3H2. The first kappa shape index (κ1) is 11.8. The lowest BCUT2D eigenvalue weighted by Gasteiger charge is -2.21. The fraction of sp³-hybridized carbons (Fsp3) is 0.500. The van der Waals surface area contributed by atoms with Gasteiger partial charge in [-0.3, -0.25) is 0 Å². The zero-order chi connectivity index (χ0) is 10.8. The Kier molecular flexibility index (Phi) is 4.00. The van der Waals surface area contributed by atoms with Crippen LogP contribution in [0.15, 0.2) is 0 Å². The Labute approximate surface area is 110 Å². The van der Waals surface area contributed by atoms with Crippen LogP contribution in [-0.2, 0) is 9.47 Å². The Bertz CT molecular complexity index is 349. The van der Waals surface area contributed by atoms with Crippen molar-refractivity contribution < 1.29 is 9.47 Å². The van der Waals surface area contributed by atoms with Gasteiger partial charge in [0.2, 0.25) is 0 Å². The van der Waals surface area contributed by atoms with Gasteiger partial charge in [0, 0.05) is 0 Å². The lowest BCUT2D eigenvalue weighted by molar-refractivity contribution is -0.0935. The van der Waals surface area contributed by atoms with Gasteiger partial charge in [-0.2, -0.15) is 0 Å².